The number of aliphatic hydroxyl groups excluding tert-OH is 1. The maximum Gasteiger partial charge on any atom is 0.225 e. The Balaban J connectivity index is 1.38. The molecule has 1 aliphatic rings. The number of halogens is 1. The highest BCUT2D eigenvalue weighted by Gasteiger charge is 2.18. The Kier molecular flexibility index (Phi) is 5.72. The van der Waals surface area contributed by atoms with Gasteiger partial charge in [0.2, 0.25) is 5.95 Å². The third-order valence-corrected chi connectivity index (χ3v) is 4.41. The molecule has 6 heteroatoms. The third-order valence-electron chi connectivity index (χ3n) is 4.41. The van der Waals surface area contributed by atoms with Crippen molar-refractivity contribution < 1.29 is 9.50 Å². The fourth-order valence-electron chi connectivity index (χ4n) is 2.99. The van der Waals surface area contributed by atoms with Gasteiger partial charge in [0.05, 0.1) is 6.10 Å². The van der Waals surface area contributed by atoms with E-state index in [1.165, 1.54) is 12.1 Å². The van der Waals surface area contributed by atoms with E-state index in [-0.39, 0.29) is 5.82 Å². The van der Waals surface area contributed by atoms with Gasteiger partial charge in [0.1, 0.15) is 5.82 Å². The molecule has 0 saturated carbocycles. The van der Waals surface area contributed by atoms with Crippen LogP contribution in [0, 0.1) is 5.82 Å². The van der Waals surface area contributed by atoms with Crippen molar-refractivity contribution in [3.8, 4) is 0 Å². The average Bonchev–Trinajstić information content (AvgIpc) is 2.63. The first-order valence-electron chi connectivity index (χ1n) is 8.40. The molecule has 0 unspecified atom stereocenters. The van der Waals surface area contributed by atoms with E-state index in [9.17, 15) is 9.50 Å². The van der Waals surface area contributed by atoms with E-state index in [1.807, 2.05) is 6.07 Å². The van der Waals surface area contributed by atoms with Crippen LogP contribution in [-0.4, -0.2) is 52.7 Å². The van der Waals surface area contributed by atoms with Crippen molar-refractivity contribution in [2.45, 2.75) is 18.9 Å². The van der Waals surface area contributed by atoms with Gasteiger partial charge in [0.25, 0.3) is 0 Å². The van der Waals surface area contributed by atoms with Gasteiger partial charge >= 0.3 is 0 Å². The molecule has 0 aliphatic carbocycles. The van der Waals surface area contributed by atoms with Crippen molar-refractivity contribution in [3.63, 3.8) is 0 Å². The van der Waals surface area contributed by atoms with Crippen LogP contribution in [-0.2, 0) is 0 Å². The van der Waals surface area contributed by atoms with Crippen LogP contribution in [0.3, 0.4) is 0 Å². The van der Waals surface area contributed by atoms with Crippen molar-refractivity contribution in [1.82, 2.24) is 14.9 Å². The molecule has 1 N–H and O–H groups in total. The third kappa shape index (κ3) is 4.49. The minimum Gasteiger partial charge on any atom is -0.388 e. The molecule has 5 nitrogen and oxygen atoms in total. The maximum absolute atomic E-state index is 12.9. The van der Waals surface area contributed by atoms with Gasteiger partial charge in [-0.25, -0.2) is 14.4 Å². The number of benzene rings is 1. The molecule has 128 valence electrons. The van der Waals surface area contributed by atoms with Gasteiger partial charge in [-0.15, -0.1) is 0 Å². The van der Waals surface area contributed by atoms with Gasteiger partial charge in [-0.2, -0.15) is 0 Å². The van der Waals surface area contributed by atoms with Crippen LogP contribution < -0.4 is 4.90 Å². The number of hydrogen-bond acceptors (Lipinski definition) is 5. The zero-order valence-electron chi connectivity index (χ0n) is 13.7. The summed E-state index contributed by atoms with van der Waals surface area (Å²) < 4.78 is 12.9. The number of hydrogen-bond donors (Lipinski definition) is 1. The van der Waals surface area contributed by atoms with Crippen LogP contribution >= 0.6 is 0 Å². The minimum absolute atomic E-state index is 0.272. The molecule has 3 rings (SSSR count). The summed E-state index contributed by atoms with van der Waals surface area (Å²) in [5.74, 6) is 0.523. The first-order valence-corrected chi connectivity index (χ1v) is 8.40. The van der Waals surface area contributed by atoms with Gasteiger partial charge < -0.3 is 10.0 Å². The second kappa shape index (κ2) is 8.17. The van der Waals surface area contributed by atoms with Gasteiger partial charge in [-0.3, -0.25) is 4.90 Å². The summed E-state index contributed by atoms with van der Waals surface area (Å²) in [5, 5.41) is 10.2. The fourth-order valence-corrected chi connectivity index (χ4v) is 2.99. The Bertz CT molecular complexity index is 615. The summed E-state index contributed by atoms with van der Waals surface area (Å²) in [6.07, 6.45) is 4.62. The Morgan fingerprint density at radius 2 is 1.71 bits per heavy atom. The van der Waals surface area contributed by atoms with Crippen molar-refractivity contribution >= 4 is 5.95 Å². The smallest absolute Gasteiger partial charge is 0.225 e. The first-order chi connectivity index (χ1) is 11.7. The second-order valence-electron chi connectivity index (χ2n) is 6.09. The van der Waals surface area contributed by atoms with Crippen molar-refractivity contribution in [1.29, 1.82) is 0 Å². The number of aliphatic hydroxyl groups is 1. The highest BCUT2D eigenvalue weighted by Crippen LogP contribution is 2.19. The van der Waals surface area contributed by atoms with Crippen LogP contribution in [0.1, 0.15) is 24.5 Å². The predicted octanol–water partition coefficient (Wildman–Crippen LogP) is 2.25. The molecular weight excluding hydrogens is 307 g/mol. The molecule has 24 heavy (non-hydrogen) atoms. The van der Waals surface area contributed by atoms with Crippen LogP contribution in [0.5, 0.6) is 0 Å². The maximum atomic E-state index is 12.9. The summed E-state index contributed by atoms with van der Waals surface area (Å²) in [5.41, 5.74) is 0.780. The molecule has 0 radical (unpaired) electrons. The van der Waals surface area contributed by atoms with E-state index in [4.69, 9.17) is 0 Å². The van der Waals surface area contributed by atoms with Crippen LogP contribution in [0.15, 0.2) is 42.7 Å². The molecule has 2 aromatic rings. The molecule has 2 heterocycles. The standard InChI is InChI=1S/C18H23FN4O/c19-16-6-4-15(5-7-16)17(24)3-1-10-22-11-13-23(14-12-22)18-20-8-2-9-21-18/h2,4-9,17,24H,1,3,10-14H2/t17-/m0/s1. The predicted molar refractivity (Wildman–Crippen MR) is 91.3 cm³/mol. The summed E-state index contributed by atoms with van der Waals surface area (Å²) >= 11 is 0. The lowest BCUT2D eigenvalue weighted by atomic mass is 10.0. The van der Waals surface area contributed by atoms with E-state index in [1.54, 1.807) is 24.5 Å². The molecule has 1 saturated heterocycles. The lowest BCUT2D eigenvalue weighted by Crippen LogP contribution is -2.47. The monoisotopic (exact) mass is 330 g/mol. The number of rotatable bonds is 6. The zero-order chi connectivity index (χ0) is 16.8. The molecule has 1 atom stereocenters. The van der Waals surface area contributed by atoms with E-state index in [0.717, 1.165) is 50.7 Å². The SMILES string of the molecule is O[C@@H](CCCN1CCN(c2ncccn2)CC1)c1ccc(F)cc1. The van der Waals surface area contributed by atoms with Gasteiger partial charge in [-0.05, 0) is 43.1 Å². The van der Waals surface area contributed by atoms with Gasteiger partial charge in [-0.1, -0.05) is 12.1 Å². The molecule has 1 aliphatic heterocycles. The van der Waals surface area contributed by atoms with Crippen LogP contribution in [0.25, 0.3) is 0 Å². The quantitative estimate of drug-likeness (QED) is 0.880. The molecule has 0 amide bonds. The summed E-state index contributed by atoms with van der Waals surface area (Å²) in [6, 6.07) is 7.91. The summed E-state index contributed by atoms with van der Waals surface area (Å²) in [6.45, 7) is 4.76. The van der Waals surface area contributed by atoms with Crippen molar-refractivity contribution in [3.05, 3.63) is 54.1 Å². The van der Waals surface area contributed by atoms with E-state index in [2.05, 4.69) is 19.8 Å². The van der Waals surface area contributed by atoms with Gasteiger partial charge in [0, 0.05) is 38.6 Å². The summed E-state index contributed by atoms with van der Waals surface area (Å²) in [7, 11) is 0. The van der Waals surface area contributed by atoms with Crippen molar-refractivity contribution in [2.75, 3.05) is 37.6 Å². The summed E-state index contributed by atoms with van der Waals surface area (Å²) in [4.78, 5) is 13.2. The highest BCUT2D eigenvalue weighted by molar-refractivity contribution is 5.29. The lowest BCUT2D eigenvalue weighted by molar-refractivity contribution is 0.154. The first kappa shape index (κ1) is 16.8. The van der Waals surface area contributed by atoms with E-state index in [0.29, 0.717) is 6.42 Å². The molecule has 0 spiro atoms. The Hall–Kier alpha value is -2.05. The van der Waals surface area contributed by atoms with Crippen molar-refractivity contribution in [2.24, 2.45) is 0 Å². The molecule has 1 fully saturated rings. The highest BCUT2D eigenvalue weighted by atomic mass is 19.1. The largest absolute Gasteiger partial charge is 0.388 e. The number of nitrogens with zero attached hydrogens (tertiary/aromatic N) is 4. The lowest BCUT2D eigenvalue weighted by Gasteiger charge is -2.34. The van der Waals surface area contributed by atoms with Crippen LogP contribution in [0.2, 0.25) is 0 Å². The Morgan fingerprint density at radius 3 is 2.38 bits per heavy atom. The fraction of sp³-hybridized carbons (Fsp3) is 0.444. The Labute approximate surface area is 141 Å². The number of piperazine rings is 1. The molecule has 1 aromatic heterocycles. The Morgan fingerprint density at radius 1 is 1.04 bits per heavy atom. The topological polar surface area (TPSA) is 52.5 Å². The minimum atomic E-state index is -0.524. The number of anilines is 1. The number of aromatic nitrogens is 2. The molecule has 1 aromatic carbocycles. The normalized spacial score (nSPS) is 17.0. The van der Waals surface area contributed by atoms with E-state index < -0.39 is 6.10 Å². The molecule has 0 bridgehead atoms. The second-order valence-corrected chi connectivity index (χ2v) is 6.09. The molecular formula is C18H23FN4O. The van der Waals surface area contributed by atoms with E-state index >= 15 is 0 Å². The average molecular weight is 330 g/mol. The van der Waals surface area contributed by atoms with Crippen LogP contribution in [0.4, 0.5) is 10.3 Å². The van der Waals surface area contributed by atoms with Gasteiger partial charge in [0.15, 0.2) is 0 Å². The zero-order valence-corrected chi connectivity index (χ0v) is 13.7.